The molecule has 4 rings (SSSR count). The van der Waals surface area contributed by atoms with E-state index in [-0.39, 0.29) is 5.82 Å². The molecule has 0 bridgehead atoms. The minimum atomic E-state index is -0.200. The van der Waals surface area contributed by atoms with Crippen molar-refractivity contribution in [3.8, 4) is 0 Å². The summed E-state index contributed by atoms with van der Waals surface area (Å²) in [5.74, 6) is 0.632. The zero-order valence-electron chi connectivity index (χ0n) is 14.4. The largest absolute Gasteiger partial charge is 0.344 e. The van der Waals surface area contributed by atoms with E-state index in [4.69, 9.17) is 0 Å². The second-order valence-corrected chi connectivity index (χ2v) is 7.59. The Labute approximate surface area is 151 Å². The highest BCUT2D eigenvalue weighted by molar-refractivity contribution is 8.14. The van der Waals surface area contributed by atoms with Crippen LogP contribution in [0.25, 0.3) is 0 Å². The van der Waals surface area contributed by atoms with Crippen LogP contribution >= 0.6 is 11.8 Å². The molecule has 2 aliphatic rings. The third kappa shape index (κ3) is 3.63. The molecule has 1 saturated carbocycles. The van der Waals surface area contributed by atoms with E-state index in [9.17, 15) is 4.39 Å². The van der Waals surface area contributed by atoms with Crippen LogP contribution in [0.3, 0.4) is 0 Å². The van der Waals surface area contributed by atoms with Crippen LogP contribution in [0.4, 0.5) is 4.39 Å². The third-order valence-corrected chi connectivity index (χ3v) is 5.51. The Hall–Kier alpha value is -2.08. The molecular weight excluding hydrogens is 335 g/mol. The molecule has 4 nitrogen and oxygen atoms in total. The number of hydrazone groups is 1. The van der Waals surface area contributed by atoms with E-state index < -0.39 is 0 Å². The maximum Gasteiger partial charge on any atom is 0.177 e. The van der Waals surface area contributed by atoms with Gasteiger partial charge < -0.3 is 4.57 Å². The quantitative estimate of drug-likeness (QED) is 0.904. The van der Waals surface area contributed by atoms with Gasteiger partial charge in [0, 0.05) is 29.2 Å². The second-order valence-electron chi connectivity index (χ2n) is 6.62. The summed E-state index contributed by atoms with van der Waals surface area (Å²) >= 11 is 1.72. The van der Waals surface area contributed by atoms with Crippen molar-refractivity contribution in [3.63, 3.8) is 0 Å². The number of thioether (sulfide) groups is 1. The molecule has 1 fully saturated rings. The Balaban J connectivity index is 1.55. The number of hydrogen-bond acceptors (Lipinski definition) is 3. The van der Waals surface area contributed by atoms with Crippen LogP contribution in [0.5, 0.6) is 0 Å². The normalized spacial score (nSPS) is 19.0. The molecule has 0 saturated heterocycles. The van der Waals surface area contributed by atoms with Crippen LogP contribution in [0.1, 0.15) is 35.4 Å². The van der Waals surface area contributed by atoms with E-state index in [0.29, 0.717) is 6.04 Å². The molecule has 1 aromatic carbocycles. The summed E-state index contributed by atoms with van der Waals surface area (Å²) in [6.45, 7) is 4.96. The molecule has 1 aromatic heterocycles. The van der Waals surface area contributed by atoms with E-state index in [2.05, 4.69) is 40.0 Å². The minimum Gasteiger partial charge on any atom is -0.344 e. The highest BCUT2D eigenvalue weighted by atomic mass is 32.2. The Morgan fingerprint density at radius 2 is 2.04 bits per heavy atom. The molecule has 0 atom stereocenters. The lowest BCUT2D eigenvalue weighted by atomic mass is 10.1. The number of amidine groups is 1. The van der Waals surface area contributed by atoms with Gasteiger partial charge in [-0.2, -0.15) is 5.10 Å². The van der Waals surface area contributed by atoms with E-state index in [1.165, 1.54) is 41.9 Å². The summed E-state index contributed by atoms with van der Waals surface area (Å²) in [6.07, 6.45) is 2.40. The predicted molar refractivity (Wildman–Crippen MR) is 102 cm³/mol. The molecule has 1 N–H and O–H groups in total. The maximum atomic E-state index is 13.1. The molecule has 2 aromatic rings. The standard InChI is InChI=1S/C19H21FN4S/c1-12-9-17(18-11-25-19(23-22-18)21-16-7-8-16)13(2)24(12)10-14-3-5-15(20)6-4-14/h3-6,9,16H,7-8,10-11H2,1-2H3,(H,21,23). The van der Waals surface area contributed by atoms with Crippen molar-refractivity contribution in [3.05, 3.63) is 58.7 Å². The van der Waals surface area contributed by atoms with Gasteiger partial charge >= 0.3 is 0 Å². The lowest BCUT2D eigenvalue weighted by molar-refractivity contribution is 0.626. The first kappa shape index (κ1) is 16.4. The van der Waals surface area contributed by atoms with Gasteiger partial charge in [0.1, 0.15) is 5.82 Å². The maximum absolute atomic E-state index is 13.1. The number of nitrogens with zero attached hydrogens (tertiary/aromatic N) is 3. The van der Waals surface area contributed by atoms with Gasteiger partial charge in [-0.05, 0) is 50.5 Å². The molecule has 130 valence electrons. The zero-order valence-corrected chi connectivity index (χ0v) is 15.2. The van der Waals surface area contributed by atoms with Gasteiger partial charge in [-0.1, -0.05) is 23.9 Å². The van der Waals surface area contributed by atoms with Gasteiger partial charge in [-0.15, -0.1) is 0 Å². The Kier molecular flexibility index (Phi) is 4.37. The number of benzene rings is 1. The first-order chi connectivity index (χ1) is 12.1. The van der Waals surface area contributed by atoms with Gasteiger partial charge in [-0.3, -0.25) is 10.4 Å². The van der Waals surface area contributed by atoms with Crippen molar-refractivity contribution in [2.75, 3.05) is 5.75 Å². The van der Waals surface area contributed by atoms with Gasteiger partial charge in [0.2, 0.25) is 0 Å². The van der Waals surface area contributed by atoms with Crippen molar-refractivity contribution < 1.29 is 4.39 Å². The number of rotatable bonds is 4. The molecule has 1 aliphatic heterocycles. The van der Waals surface area contributed by atoms with Crippen molar-refractivity contribution in [2.45, 2.75) is 39.3 Å². The first-order valence-electron chi connectivity index (χ1n) is 8.55. The van der Waals surface area contributed by atoms with Crippen molar-refractivity contribution in [1.82, 2.24) is 9.99 Å². The molecule has 0 radical (unpaired) electrons. The fourth-order valence-corrected chi connectivity index (χ4v) is 3.83. The van der Waals surface area contributed by atoms with Crippen LogP contribution < -0.4 is 5.43 Å². The number of hydrogen-bond donors (Lipinski definition) is 1. The molecule has 2 heterocycles. The molecule has 25 heavy (non-hydrogen) atoms. The smallest absolute Gasteiger partial charge is 0.177 e. The zero-order chi connectivity index (χ0) is 17.4. The molecular formula is C19H21FN4S. The van der Waals surface area contributed by atoms with E-state index >= 15 is 0 Å². The lowest BCUT2D eigenvalue weighted by Gasteiger charge is -2.15. The van der Waals surface area contributed by atoms with Crippen molar-refractivity contribution in [1.29, 1.82) is 0 Å². The summed E-state index contributed by atoms with van der Waals surface area (Å²) in [5.41, 5.74) is 8.78. The van der Waals surface area contributed by atoms with Gasteiger partial charge in [-0.25, -0.2) is 4.39 Å². The molecule has 0 spiro atoms. The summed E-state index contributed by atoms with van der Waals surface area (Å²) in [5, 5.41) is 5.48. The average molecular weight is 356 g/mol. The molecule has 0 amide bonds. The fourth-order valence-electron chi connectivity index (χ4n) is 3.00. The van der Waals surface area contributed by atoms with E-state index in [0.717, 1.165) is 28.7 Å². The Morgan fingerprint density at radius 1 is 1.28 bits per heavy atom. The van der Waals surface area contributed by atoms with Gasteiger partial charge in [0.25, 0.3) is 0 Å². The summed E-state index contributed by atoms with van der Waals surface area (Å²) < 4.78 is 15.4. The number of aromatic nitrogens is 1. The predicted octanol–water partition coefficient (Wildman–Crippen LogP) is 3.85. The second kappa shape index (κ2) is 6.67. The SMILES string of the molecule is Cc1cc(C2=NNC(=NC3CC3)SC2)c(C)n1Cc1ccc(F)cc1. The monoisotopic (exact) mass is 356 g/mol. The topological polar surface area (TPSA) is 41.7 Å². The number of aryl methyl sites for hydroxylation is 1. The molecule has 6 heteroatoms. The highest BCUT2D eigenvalue weighted by Crippen LogP contribution is 2.26. The van der Waals surface area contributed by atoms with Crippen LogP contribution in [0.2, 0.25) is 0 Å². The van der Waals surface area contributed by atoms with Gasteiger partial charge in [0.05, 0.1) is 11.8 Å². The number of halogens is 1. The highest BCUT2D eigenvalue weighted by Gasteiger charge is 2.23. The van der Waals surface area contributed by atoms with Crippen molar-refractivity contribution in [2.24, 2.45) is 10.1 Å². The number of nitrogens with one attached hydrogen (secondary N) is 1. The van der Waals surface area contributed by atoms with Crippen molar-refractivity contribution >= 4 is 22.6 Å². The Bertz CT molecular complexity index is 847. The average Bonchev–Trinajstić information content (AvgIpc) is 3.38. The third-order valence-electron chi connectivity index (χ3n) is 4.62. The summed E-state index contributed by atoms with van der Waals surface area (Å²) in [6, 6.07) is 9.39. The van der Waals surface area contributed by atoms with E-state index in [1.54, 1.807) is 11.8 Å². The number of aliphatic imine (C=N–C) groups is 1. The van der Waals surface area contributed by atoms with Crippen LogP contribution in [-0.2, 0) is 6.54 Å². The van der Waals surface area contributed by atoms with Gasteiger partial charge in [0.15, 0.2) is 5.17 Å². The summed E-state index contributed by atoms with van der Waals surface area (Å²) in [7, 11) is 0. The molecule has 1 aliphatic carbocycles. The molecule has 0 unspecified atom stereocenters. The fraction of sp³-hybridized carbons (Fsp3) is 0.368. The van der Waals surface area contributed by atoms with E-state index in [1.807, 2.05) is 12.1 Å². The Morgan fingerprint density at radius 3 is 2.68 bits per heavy atom. The summed E-state index contributed by atoms with van der Waals surface area (Å²) in [4.78, 5) is 4.61. The van der Waals surface area contributed by atoms with Crippen LogP contribution in [0.15, 0.2) is 40.4 Å². The minimum absolute atomic E-state index is 0.200. The lowest BCUT2D eigenvalue weighted by Crippen LogP contribution is -2.26. The van der Waals surface area contributed by atoms with Crippen LogP contribution in [-0.4, -0.2) is 27.2 Å². The first-order valence-corrected chi connectivity index (χ1v) is 9.53. The van der Waals surface area contributed by atoms with Crippen LogP contribution in [0, 0.1) is 19.7 Å².